The van der Waals surface area contributed by atoms with Crippen LogP contribution in [0.25, 0.3) is 0 Å². The number of ether oxygens (including phenoxy) is 1. The van der Waals surface area contributed by atoms with Crippen LogP contribution in [0.3, 0.4) is 0 Å². The number of methoxy groups -OCH3 is 1. The van der Waals surface area contributed by atoms with Gasteiger partial charge in [-0.2, -0.15) is 0 Å². The highest BCUT2D eigenvalue weighted by Gasteiger charge is 2.29. The molecule has 1 aromatic rings. The molecular weight excluding hydrogens is 312 g/mol. The first-order valence-corrected chi connectivity index (χ1v) is 6.89. The number of pyridine rings is 1. The van der Waals surface area contributed by atoms with Crippen LogP contribution in [0.1, 0.15) is 23.3 Å². The van der Waals surface area contributed by atoms with Gasteiger partial charge in [-0.1, -0.05) is 0 Å². The quantitative estimate of drug-likeness (QED) is 0.778. The van der Waals surface area contributed by atoms with Crippen molar-refractivity contribution < 1.29 is 14.3 Å². The average Bonchev–Trinajstić information content (AvgIpc) is 2.46. The Bertz CT molecular complexity index is 475. The van der Waals surface area contributed by atoms with E-state index in [1.54, 1.807) is 23.2 Å². The van der Waals surface area contributed by atoms with E-state index in [1.165, 1.54) is 7.11 Å². The zero-order valence-corrected chi connectivity index (χ0v) is 12.2. The molecule has 1 amide bonds. The Morgan fingerprint density at radius 2 is 2.26 bits per heavy atom. The van der Waals surface area contributed by atoms with Gasteiger partial charge in [0.05, 0.1) is 13.0 Å². The van der Waals surface area contributed by atoms with Gasteiger partial charge in [-0.15, -0.1) is 0 Å². The highest BCUT2D eigenvalue weighted by Crippen LogP contribution is 2.19. The summed E-state index contributed by atoms with van der Waals surface area (Å²) in [5.41, 5.74) is 0.397. The van der Waals surface area contributed by atoms with E-state index in [2.05, 4.69) is 20.9 Å². The molecule has 0 N–H and O–H groups in total. The number of aromatic nitrogens is 1. The number of carbonyl (C=O) groups is 2. The summed E-state index contributed by atoms with van der Waals surface area (Å²) in [5.74, 6) is -0.611. The van der Waals surface area contributed by atoms with E-state index < -0.39 is 0 Å². The molecular formula is C13H15BrN2O3. The number of likely N-dealkylation sites (tertiary alicyclic amines) is 1. The minimum Gasteiger partial charge on any atom is -0.469 e. The first-order chi connectivity index (χ1) is 9.11. The maximum absolute atomic E-state index is 12.3. The summed E-state index contributed by atoms with van der Waals surface area (Å²) in [6.45, 7) is 1.06. The van der Waals surface area contributed by atoms with Gasteiger partial charge < -0.3 is 9.64 Å². The van der Waals surface area contributed by atoms with Crippen molar-refractivity contribution in [3.05, 3.63) is 28.5 Å². The standard InChI is InChI=1S/C13H15BrN2O3/c1-19-13(18)9-3-2-6-16(8-9)12(17)11-5-4-10(14)7-15-11/h4-5,7,9H,2-3,6,8H2,1H3/t9-/m0/s1. The molecule has 6 heteroatoms. The number of esters is 1. The van der Waals surface area contributed by atoms with Gasteiger partial charge in [-0.05, 0) is 40.9 Å². The fraction of sp³-hybridized carbons (Fsp3) is 0.462. The molecule has 0 aromatic carbocycles. The van der Waals surface area contributed by atoms with Crippen LogP contribution in [0.5, 0.6) is 0 Å². The van der Waals surface area contributed by atoms with Gasteiger partial charge >= 0.3 is 5.97 Å². The van der Waals surface area contributed by atoms with E-state index in [0.29, 0.717) is 18.8 Å². The van der Waals surface area contributed by atoms with Crippen molar-refractivity contribution in [3.8, 4) is 0 Å². The predicted octanol–water partition coefficient (Wildman–Crippen LogP) is 1.87. The van der Waals surface area contributed by atoms with Crippen LogP contribution < -0.4 is 0 Å². The number of rotatable bonds is 2. The molecule has 0 radical (unpaired) electrons. The molecule has 5 nitrogen and oxygen atoms in total. The minimum absolute atomic E-state index is 0.138. The van der Waals surface area contributed by atoms with E-state index in [1.807, 2.05) is 0 Å². The average molecular weight is 327 g/mol. The van der Waals surface area contributed by atoms with Crippen LogP contribution >= 0.6 is 15.9 Å². The fourth-order valence-electron chi connectivity index (χ4n) is 2.18. The van der Waals surface area contributed by atoms with E-state index in [0.717, 1.165) is 17.3 Å². The summed E-state index contributed by atoms with van der Waals surface area (Å²) in [7, 11) is 1.37. The van der Waals surface area contributed by atoms with Gasteiger partial charge in [-0.25, -0.2) is 4.98 Å². The van der Waals surface area contributed by atoms with Crippen molar-refractivity contribution in [2.75, 3.05) is 20.2 Å². The summed E-state index contributed by atoms with van der Waals surface area (Å²) >= 11 is 3.28. The molecule has 1 atom stereocenters. The molecule has 1 saturated heterocycles. The Hall–Kier alpha value is -1.43. The normalized spacial score (nSPS) is 19.1. The Morgan fingerprint density at radius 3 is 2.89 bits per heavy atom. The number of piperidine rings is 1. The molecule has 2 rings (SSSR count). The van der Waals surface area contributed by atoms with Crippen molar-refractivity contribution in [2.24, 2.45) is 5.92 Å². The number of halogens is 1. The highest BCUT2D eigenvalue weighted by atomic mass is 79.9. The SMILES string of the molecule is COC(=O)[C@H]1CCCN(C(=O)c2ccc(Br)cn2)C1. The summed E-state index contributed by atoms with van der Waals surface area (Å²) in [6, 6.07) is 3.45. The van der Waals surface area contributed by atoms with Crippen LogP contribution in [-0.2, 0) is 9.53 Å². The highest BCUT2D eigenvalue weighted by molar-refractivity contribution is 9.10. The third kappa shape index (κ3) is 3.32. The number of hydrogen-bond donors (Lipinski definition) is 0. The second-order valence-corrected chi connectivity index (χ2v) is 5.39. The molecule has 102 valence electrons. The van der Waals surface area contributed by atoms with E-state index in [9.17, 15) is 9.59 Å². The van der Waals surface area contributed by atoms with Crippen LogP contribution in [-0.4, -0.2) is 42.0 Å². The molecule has 0 aliphatic carbocycles. The monoisotopic (exact) mass is 326 g/mol. The molecule has 1 fully saturated rings. The summed E-state index contributed by atoms with van der Waals surface area (Å²) in [5, 5.41) is 0. The lowest BCUT2D eigenvalue weighted by Crippen LogP contribution is -2.42. The third-order valence-electron chi connectivity index (χ3n) is 3.19. The molecule has 1 aliphatic heterocycles. The van der Waals surface area contributed by atoms with E-state index >= 15 is 0 Å². The number of nitrogens with zero attached hydrogens (tertiary/aromatic N) is 2. The van der Waals surface area contributed by atoms with Crippen molar-refractivity contribution in [1.29, 1.82) is 0 Å². The van der Waals surface area contributed by atoms with E-state index in [-0.39, 0.29) is 17.8 Å². The molecule has 1 aromatic heterocycles. The van der Waals surface area contributed by atoms with E-state index in [4.69, 9.17) is 4.74 Å². The van der Waals surface area contributed by atoms with Crippen LogP contribution in [0.4, 0.5) is 0 Å². The lowest BCUT2D eigenvalue weighted by molar-refractivity contribution is -0.146. The summed E-state index contributed by atoms with van der Waals surface area (Å²) in [6.07, 6.45) is 3.17. The maximum atomic E-state index is 12.3. The predicted molar refractivity (Wildman–Crippen MR) is 72.6 cm³/mol. The molecule has 0 spiro atoms. The topological polar surface area (TPSA) is 59.5 Å². The van der Waals surface area contributed by atoms with Crippen molar-refractivity contribution in [2.45, 2.75) is 12.8 Å². The Labute approximate surface area is 120 Å². The van der Waals surface area contributed by atoms with Gasteiger partial charge in [0.15, 0.2) is 0 Å². The molecule has 19 heavy (non-hydrogen) atoms. The third-order valence-corrected chi connectivity index (χ3v) is 3.66. The molecule has 0 unspecified atom stereocenters. The minimum atomic E-state index is -0.249. The zero-order valence-electron chi connectivity index (χ0n) is 10.6. The van der Waals surface area contributed by atoms with Gasteiger partial charge in [0.1, 0.15) is 5.69 Å². The molecule has 1 aliphatic rings. The molecule has 0 saturated carbocycles. The van der Waals surface area contributed by atoms with Crippen molar-refractivity contribution in [1.82, 2.24) is 9.88 Å². The van der Waals surface area contributed by atoms with Gasteiger partial charge in [0, 0.05) is 23.8 Å². The zero-order chi connectivity index (χ0) is 13.8. The first-order valence-electron chi connectivity index (χ1n) is 6.10. The van der Waals surface area contributed by atoms with Gasteiger partial charge in [-0.3, -0.25) is 9.59 Å². The largest absolute Gasteiger partial charge is 0.469 e. The second-order valence-electron chi connectivity index (χ2n) is 4.48. The number of hydrogen-bond acceptors (Lipinski definition) is 4. The molecule has 0 bridgehead atoms. The van der Waals surface area contributed by atoms with Gasteiger partial charge in [0.25, 0.3) is 5.91 Å². The van der Waals surface area contributed by atoms with Crippen molar-refractivity contribution in [3.63, 3.8) is 0 Å². The lowest BCUT2D eigenvalue weighted by Gasteiger charge is -2.31. The lowest BCUT2D eigenvalue weighted by atomic mass is 9.98. The molecule has 2 heterocycles. The van der Waals surface area contributed by atoms with Crippen LogP contribution in [0, 0.1) is 5.92 Å². The van der Waals surface area contributed by atoms with Gasteiger partial charge in [0.2, 0.25) is 0 Å². The number of carbonyl (C=O) groups excluding carboxylic acids is 2. The Balaban J connectivity index is 2.06. The first kappa shape index (κ1) is 14.0. The summed E-state index contributed by atoms with van der Waals surface area (Å²) < 4.78 is 5.57. The Kier molecular flexibility index (Phi) is 4.52. The Morgan fingerprint density at radius 1 is 1.47 bits per heavy atom. The second kappa shape index (κ2) is 6.14. The summed E-state index contributed by atoms with van der Waals surface area (Å²) in [4.78, 5) is 29.6. The smallest absolute Gasteiger partial charge is 0.310 e. The maximum Gasteiger partial charge on any atom is 0.310 e. The van der Waals surface area contributed by atoms with Crippen LogP contribution in [0.15, 0.2) is 22.8 Å². The fourth-order valence-corrected chi connectivity index (χ4v) is 2.42. The van der Waals surface area contributed by atoms with Crippen molar-refractivity contribution >= 4 is 27.8 Å². The number of amides is 1. The van der Waals surface area contributed by atoms with Crippen LogP contribution in [0.2, 0.25) is 0 Å².